The summed E-state index contributed by atoms with van der Waals surface area (Å²) < 4.78 is 37.7. The zero-order chi connectivity index (χ0) is 22.5. The van der Waals surface area contributed by atoms with Gasteiger partial charge in [-0.2, -0.15) is 4.31 Å². The van der Waals surface area contributed by atoms with Crippen LogP contribution in [0.15, 0.2) is 23.1 Å². The highest BCUT2D eigenvalue weighted by Gasteiger charge is 2.37. The van der Waals surface area contributed by atoms with Crippen LogP contribution in [0.25, 0.3) is 0 Å². The third-order valence-corrected chi connectivity index (χ3v) is 6.55. The number of unbranched alkanes of at least 4 members (excludes halogenated alkanes) is 1. The number of nitrogens with zero attached hydrogens (tertiary/aromatic N) is 1. The van der Waals surface area contributed by atoms with E-state index in [2.05, 4.69) is 0 Å². The molecule has 0 aliphatic carbocycles. The number of carboxylic acids is 1. The number of ether oxygens (including phenoxy) is 2. The molecule has 0 saturated carbocycles. The average molecular weight is 447 g/mol. The lowest BCUT2D eigenvalue weighted by Gasteiger charge is -2.33. The molecule has 3 atom stereocenters. The van der Waals surface area contributed by atoms with E-state index in [0.29, 0.717) is 18.6 Å². The van der Waals surface area contributed by atoms with Crippen molar-refractivity contribution in [3.05, 3.63) is 18.2 Å². The van der Waals surface area contributed by atoms with Crippen LogP contribution >= 0.6 is 0 Å². The highest BCUT2D eigenvalue weighted by Crippen LogP contribution is 2.35. The summed E-state index contributed by atoms with van der Waals surface area (Å²) in [5, 5.41) is 29.9. The predicted octanol–water partition coefficient (Wildman–Crippen LogP) is 0.714. The molecule has 1 aromatic carbocycles. The van der Waals surface area contributed by atoms with Crippen molar-refractivity contribution < 1.29 is 38.0 Å². The van der Waals surface area contributed by atoms with Gasteiger partial charge in [0, 0.05) is 25.1 Å². The minimum Gasteiger partial charge on any atom is -0.481 e. The lowest BCUT2D eigenvalue weighted by atomic mass is 10.0. The van der Waals surface area contributed by atoms with Crippen molar-refractivity contribution in [2.45, 2.75) is 62.8 Å². The van der Waals surface area contributed by atoms with Gasteiger partial charge in [-0.1, -0.05) is 20.3 Å². The Hall–Kier alpha value is -1.92. The van der Waals surface area contributed by atoms with Crippen molar-refractivity contribution in [1.82, 2.24) is 4.31 Å². The number of fused-ring (bicyclic) bond motifs is 1. The zero-order valence-electron chi connectivity index (χ0n) is 17.1. The van der Waals surface area contributed by atoms with Gasteiger partial charge in [-0.15, -0.1) is 0 Å². The molecule has 11 heteroatoms. The molecule has 1 aliphatic heterocycles. The fourth-order valence-corrected chi connectivity index (χ4v) is 4.77. The molecule has 1 unspecified atom stereocenters. The largest absolute Gasteiger partial charge is 0.481 e. The highest BCUT2D eigenvalue weighted by atomic mass is 32.2. The Morgan fingerprint density at radius 1 is 1.20 bits per heavy atom. The molecule has 0 spiro atoms. The van der Waals surface area contributed by atoms with E-state index < -0.39 is 34.4 Å². The molecular weight excluding hydrogens is 416 g/mol. The lowest BCUT2D eigenvalue weighted by Crippen LogP contribution is -2.54. The zero-order valence-corrected chi connectivity index (χ0v) is 17.9. The van der Waals surface area contributed by atoms with E-state index in [0.717, 1.165) is 4.31 Å². The van der Waals surface area contributed by atoms with Crippen LogP contribution < -0.4 is 15.2 Å². The van der Waals surface area contributed by atoms with Crippen LogP contribution in [0, 0.1) is 5.92 Å². The summed E-state index contributed by atoms with van der Waals surface area (Å²) in [5.74, 6) is -0.358. The average Bonchev–Trinajstić information content (AvgIpc) is 3.15. The number of aliphatic carboxylic acids is 1. The third-order valence-electron chi connectivity index (χ3n) is 4.71. The summed E-state index contributed by atoms with van der Waals surface area (Å²) in [4.78, 5) is 10.5. The van der Waals surface area contributed by atoms with Crippen molar-refractivity contribution in [3.63, 3.8) is 0 Å². The van der Waals surface area contributed by atoms with Gasteiger partial charge >= 0.3 is 5.97 Å². The Kier molecular flexibility index (Phi) is 8.44. The maximum Gasteiger partial charge on any atom is 0.303 e. The van der Waals surface area contributed by atoms with Crippen LogP contribution in [0.5, 0.6) is 11.5 Å². The van der Waals surface area contributed by atoms with Gasteiger partial charge < -0.3 is 30.5 Å². The summed E-state index contributed by atoms with van der Waals surface area (Å²) in [6, 6.07) is 3.21. The molecule has 0 bridgehead atoms. The molecule has 0 radical (unpaired) electrons. The van der Waals surface area contributed by atoms with E-state index in [1.54, 1.807) is 13.8 Å². The van der Waals surface area contributed by atoms with E-state index in [1.165, 1.54) is 18.2 Å². The Morgan fingerprint density at radius 2 is 1.87 bits per heavy atom. The van der Waals surface area contributed by atoms with Crippen LogP contribution in [0.4, 0.5) is 0 Å². The van der Waals surface area contributed by atoms with Crippen LogP contribution in [0.3, 0.4) is 0 Å². The molecule has 170 valence electrons. The fraction of sp³-hybridized carbons (Fsp3) is 0.632. The van der Waals surface area contributed by atoms with Crippen molar-refractivity contribution in [1.29, 1.82) is 0 Å². The first kappa shape index (κ1) is 24.4. The van der Waals surface area contributed by atoms with Gasteiger partial charge in [0.2, 0.25) is 16.8 Å². The Balaban J connectivity index is 2.17. The summed E-state index contributed by atoms with van der Waals surface area (Å²) >= 11 is 0. The number of carboxylic acid groups (broad SMARTS) is 1. The normalized spacial score (nSPS) is 16.6. The first-order valence-corrected chi connectivity index (χ1v) is 11.2. The number of sulfonamides is 1. The lowest BCUT2D eigenvalue weighted by molar-refractivity contribution is -0.137. The third kappa shape index (κ3) is 6.05. The number of hydrogen-bond acceptors (Lipinski definition) is 8. The van der Waals surface area contributed by atoms with Crippen LogP contribution in [0.1, 0.15) is 39.5 Å². The second-order valence-corrected chi connectivity index (χ2v) is 9.58. The molecule has 0 amide bonds. The van der Waals surface area contributed by atoms with Crippen molar-refractivity contribution in [3.8, 4) is 11.5 Å². The molecule has 2 rings (SSSR count). The monoisotopic (exact) mass is 446 g/mol. The molecule has 30 heavy (non-hydrogen) atoms. The van der Waals surface area contributed by atoms with Gasteiger partial charge in [0.1, 0.15) is 12.3 Å². The topological polar surface area (TPSA) is 160 Å². The van der Waals surface area contributed by atoms with Crippen molar-refractivity contribution in [2.24, 2.45) is 11.7 Å². The van der Waals surface area contributed by atoms with Crippen LogP contribution in [-0.2, 0) is 14.8 Å². The Morgan fingerprint density at radius 3 is 2.50 bits per heavy atom. The van der Waals surface area contributed by atoms with Gasteiger partial charge in [-0.05, 0) is 30.9 Å². The standard InChI is InChI=1S/C19H30N2O8S/c1-12(2)10-21(19(25)18(24)14(20)5-3-4-6-17(22)23)30(26,27)13-7-8-15-16(9-13)29-11-28-15/h7-9,12,14,18-19,24-25H,3-6,10-11,20H2,1-2H3,(H,22,23)/t14-,18+,19?/m0/s1. The fourth-order valence-electron chi connectivity index (χ4n) is 3.10. The van der Waals surface area contributed by atoms with Gasteiger partial charge in [0.15, 0.2) is 11.5 Å². The van der Waals surface area contributed by atoms with Gasteiger partial charge in [0.05, 0.1) is 4.90 Å². The van der Waals surface area contributed by atoms with Gasteiger partial charge in [0.25, 0.3) is 0 Å². The second-order valence-electron chi connectivity index (χ2n) is 7.69. The molecule has 5 N–H and O–H groups in total. The number of hydrogen-bond donors (Lipinski definition) is 4. The van der Waals surface area contributed by atoms with E-state index >= 15 is 0 Å². The molecule has 1 heterocycles. The summed E-state index contributed by atoms with van der Waals surface area (Å²) in [6.07, 6.45) is -2.29. The van der Waals surface area contributed by atoms with E-state index in [9.17, 15) is 23.4 Å². The number of carbonyl (C=O) groups is 1. The number of nitrogens with two attached hydrogens (primary N) is 1. The Labute approximate surface area is 176 Å². The first-order chi connectivity index (χ1) is 14.0. The number of rotatable bonds is 12. The molecule has 0 aromatic heterocycles. The molecule has 10 nitrogen and oxygen atoms in total. The molecule has 1 aliphatic rings. The van der Waals surface area contributed by atoms with E-state index in [-0.39, 0.29) is 42.7 Å². The molecular formula is C19H30N2O8S. The second kappa shape index (κ2) is 10.4. The number of benzene rings is 1. The minimum atomic E-state index is -4.18. The SMILES string of the molecule is CC(C)CN(C(O)[C@H](O)[C@@H](N)CCCCC(=O)O)S(=O)(=O)c1ccc2c(c1)OCO2. The van der Waals surface area contributed by atoms with E-state index in [4.69, 9.17) is 20.3 Å². The molecule has 0 saturated heterocycles. The van der Waals surface area contributed by atoms with Crippen molar-refractivity contribution in [2.75, 3.05) is 13.3 Å². The molecule has 0 fully saturated rings. The van der Waals surface area contributed by atoms with Gasteiger partial charge in [-0.25, -0.2) is 8.42 Å². The quantitative estimate of drug-likeness (QED) is 0.268. The van der Waals surface area contributed by atoms with Gasteiger partial charge in [-0.3, -0.25) is 4.79 Å². The summed E-state index contributed by atoms with van der Waals surface area (Å²) in [6.45, 7) is 3.52. The maximum atomic E-state index is 13.2. The predicted molar refractivity (Wildman–Crippen MR) is 107 cm³/mol. The minimum absolute atomic E-state index is 0.00733. The summed E-state index contributed by atoms with van der Waals surface area (Å²) in [5.41, 5.74) is 5.94. The highest BCUT2D eigenvalue weighted by molar-refractivity contribution is 7.89. The number of aliphatic hydroxyl groups excluding tert-OH is 2. The first-order valence-electron chi connectivity index (χ1n) is 9.79. The molecule has 1 aromatic rings. The van der Waals surface area contributed by atoms with Crippen LogP contribution in [0.2, 0.25) is 0 Å². The Bertz CT molecular complexity index is 830. The number of aliphatic hydroxyl groups is 2. The van der Waals surface area contributed by atoms with Crippen LogP contribution in [-0.4, -0.2) is 65.7 Å². The van der Waals surface area contributed by atoms with Crippen molar-refractivity contribution >= 4 is 16.0 Å². The smallest absolute Gasteiger partial charge is 0.303 e. The van der Waals surface area contributed by atoms with E-state index in [1.807, 2.05) is 0 Å². The summed E-state index contributed by atoms with van der Waals surface area (Å²) in [7, 11) is -4.18. The maximum absolute atomic E-state index is 13.2.